The minimum absolute atomic E-state index is 0.0455. The lowest BCUT2D eigenvalue weighted by atomic mass is 10.1. The van der Waals surface area contributed by atoms with Gasteiger partial charge in [0, 0.05) is 5.56 Å². The average molecular weight is 465 g/mol. The fourth-order valence-corrected chi connectivity index (χ4v) is 4.32. The number of hydrogen-bond acceptors (Lipinski definition) is 5. The third-order valence-corrected chi connectivity index (χ3v) is 6.58. The number of furan rings is 1. The Morgan fingerprint density at radius 3 is 2.48 bits per heavy atom. The summed E-state index contributed by atoms with van der Waals surface area (Å²) >= 11 is 0. The van der Waals surface area contributed by atoms with Gasteiger partial charge in [-0.25, -0.2) is 18.1 Å². The van der Waals surface area contributed by atoms with Gasteiger partial charge in [-0.1, -0.05) is 37.3 Å². The number of carbonyl (C=O) groups excluding carboxylic acids is 1. The highest BCUT2D eigenvalue weighted by molar-refractivity contribution is 7.89. The smallest absolute Gasteiger partial charge is 0.251 e. The van der Waals surface area contributed by atoms with Gasteiger partial charge < -0.3 is 14.7 Å². The average Bonchev–Trinajstić information content (AvgIpc) is 3.54. The number of hydrogen-bond donors (Lipinski definition) is 3. The van der Waals surface area contributed by atoms with Gasteiger partial charge in [-0.2, -0.15) is 0 Å². The number of nitrogens with zero attached hydrogens (tertiary/aromatic N) is 1. The van der Waals surface area contributed by atoms with E-state index in [9.17, 15) is 13.2 Å². The lowest BCUT2D eigenvalue weighted by Gasteiger charge is -2.15. The fourth-order valence-electron chi connectivity index (χ4n) is 3.33. The fraction of sp³-hybridized carbons (Fsp3) is 0.167. The van der Waals surface area contributed by atoms with Crippen molar-refractivity contribution < 1.29 is 17.6 Å². The molecule has 3 N–H and O–H groups in total. The van der Waals surface area contributed by atoms with Crippen LogP contribution < -0.4 is 10.0 Å². The predicted molar refractivity (Wildman–Crippen MR) is 124 cm³/mol. The van der Waals surface area contributed by atoms with Crippen molar-refractivity contribution in [2.75, 3.05) is 0 Å². The Morgan fingerprint density at radius 1 is 1.06 bits per heavy atom. The number of rotatable bonds is 9. The Bertz CT molecular complexity index is 1300. The van der Waals surface area contributed by atoms with Crippen LogP contribution in [0.15, 0.2) is 88.5 Å². The summed E-state index contributed by atoms with van der Waals surface area (Å²) < 4.78 is 32.6. The van der Waals surface area contributed by atoms with Gasteiger partial charge in [0.25, 0.3) is 5.91 Å². The molecule has 2 aromatic carbocycles. The lowest BCUT2D eigenvalue weighted by Crippen LogP contribution is -2.29. The number of aromatic amines is 1. The molecule has 0 aliphatic carbocycles. The molecular formula is C24H24N4O4S. The zero-order chi connectivity index (χ0) is 23.3. The summed E-state index contributed by atoms with van der Waals surface area (Å²) in [4.78, 5) is 20.5. The minimum atomic E-state index is -3.73. The molecule has 0 aliphatic heterocycles. The molecule has 0 aliphatic rings. The van der Waals surface area contributed by atoms with E-state index in [2.05, 4.69) is 20.0 Å². The molecule has 9 heteroatoms. The Hall–Kier alpha value is -3.69. The molecule has 0 fully saturated rings. The van der Waals surface area contributed by atoms with E-state index in [0.717, 1.165) is 11.3 Å². The molecule has 4 rings (SSSR count). The highest BCUT2D eigenvalue weighted by Crippen LogP contribution is 2.21. The normalized spacial score (nSPS) is 12.4. The molecule has 2 heterocycles. The number of sulfonamides is 1. The van der Waals surface area contributed by atoms with E-state index < -0.39 is 10.0 Å². The summed E-state index contributed by atoms with van der Waals surface area (Å²) in [6, 6.07) is 18.6. The molecule has 0 saturated carbocycles. The molecular weight excluding hydrogens is 440 g/mol. The number of amides is 1. The van der Waals surface area contributed by atoms with E-state index in [-0.39, 0.29) is 23.4 Å². The topological polar surface area (TPSA) is 117 Å². The maximum absolute atomic E-state index is 12.8. The van der Waals surface area contributed by atoms with Crippen molar-refractivity contribution in [2.45, 2.75) is 30.8 Å². The predicted octanol–water partition coefficient (Wildman–Crippen LogP) is 4.03. The molecule has 33 heavy (non-hydrogen) atoms. The molecule has 1 atom stereocenters. The molecule has 0 saturated heterocycles. The first-order valence-electron chi connectivity index (χ1n) is 10.5. The summed E-state index contributed by atoms with van der Waals surface area (Å²) in [7, 11) is -3.73. The van der Waals surface area contributed by atoms with Crippen molar-refractivity contribution in [1.29, 1.82) is 0 Å². The van der Waals surface area contributed by atoms with Crippen LogP contribution in [0.1, 0.15) is 41.3 Å². The van der Waals surface area contributed by atoms with Crippen LogP contribution in [0, 0.1) is 0 Å². The zero-order valence-corrected chi connectivity index (χ0v) is 18.8. The maximum atomic E-state index is 12.8. The first kappa shape index (κ1) is 22.5. The monoisotopic (exact) mass is 464 g/mol. The van der Waals surface area contributed by atoms with Crippen molar-refractivity contribution in [2.24, 2.45) is 0 Å². The summed E-state index contributed by atoms with van der Waals surface area (Å²) in [5.41, 5.74) is 2.23. The summed E-state index contributed by atoms with van der Waals surface area (Å²) in [6.07, 6.45) is 3.86. The van der Waals surface area contributed by atoms with Crippen molar-refractivity contribution in [3.8, 4) is 11.3 Å². The van der Waals surface area contributed by atoms with Crippen molar-refractivity contribution in [3.05, 3.63) is 96.3 Å². The second-order valence-electron chi connectivity index (χ2n) is 7.41. The first-order chi connectivity index (χ1) is 16.0. The standard InChI is InChI=1S/C24H24N4O4S/c1-2-21(23-25-16-22(27-23)17-7-4-3-5-8-17)28-24(29)18-10-12-20(13-11-18)33(30,31)26-15-19-9-6-14-32-19/h3-14,16,21,26H,2,15H2,1H3,(H,25,27)(H,28,29). The van der Waals surface area contributed by atoms with E-state index in [4.69, 9.17) is 4.42 Å². The zero-order valence-electron chi connectivity index (χ0n) is 18.0. The van der Waals surface area contributed by atoms with E-state index in [1.165, 1.54) is 30.5 Å². The largest absolute Gasteiger partial charge is 0.468 e. The molecule has 4 aromatic rings. The minimum Gasteiger partial charge on any atom is -0.468 e. The summed E-state index contributed by atoms with van der Waals surface area (Å²) in [6.45, 7) is 2.00. The van der Waals surface area contributed by atoms with Crippen LogP contribution >= 0.6 is 0 Å². The number of carbonyl (C=O) groups is 1. The molecule has 1 amide bonds. The quantitative estimate of drug-likeness (QED) is 0.346. The molecule has 0 radical (unpaired) electrons. The Kier molecular flexibility index (Phi) is 6.71. The Morgan fingerprint density at radius 2 is 1.82 bits per heavy atom. The van der Waals surface area contributed by atoms with E-state index in [1.807, 2.05) is 37.3 Å². The number of H-pyrrole nitrogens is 1. The maximum Gasteiger partial charge on any atom is 0.251 e. The van der Waals surface area contributed by atoms with Crippen LogP contribution in [0.3, 0.4) is 0 Å². The highest BCUT2D eigenvalue weighted by Gasteiger charge is 2.19. The van der Waals surface area contributed by atoms with Crippen LogP contribution in [0.25, 0.3) is 11.3 Å². The molecule has 1 unspecified atom stereocenters. The second kappa shape index (κ2) is 9.85. The first-order valence-corrected chi connectivity index (χ1v) is 12.0. The van der Waals surface area contributed by atoms with Gasteiger partial charge in [-0.3, -0.25) is 4.79 Å². The van der Waals surface area contributed by atoms with E-state index in [0.29, 0.717) is 23.6 Å². The van der Waals surface area contributed by atoms with Gasteiger partial charge in [0.05, 0.1) is 35.6 Å². The highest BCUT2D eigenvalue weighted by atomic mass is 32.2. The van der Waals surface area contributed by atoms with Gasteiger partial charge in [-0.15, -0.1) is 0 Å². The molecule has 0 spiro atoms. The SMILES string of the molecule is CCC(NC(=O)c1ccc(S(=O)(=O)NCc2ccco2)cc1)c1ncc(-c2ccccc2)[nH]1. The molecule has 8 nitrogen and oxygen atoms in total. The number of benzene rings is 2. The Labute approximate surface area is 192 Å². The van der Waals surface area contributed by atoms with Gasteiger partial charge in [0.15, 0.2) is 0 Å². The lowest BCUT2D eigenvalue weighted by molar-refractivity contribution is 0.0933. The molecule has 0 bridgehead atoms. The van der Waals surface area contributed by atoms with Crippen molar-refractivity contribution in [1.82, 2.24) is 20.0 Å². The number of imidazole rings is 1. The number of nitrogens with one attached hydrogen (secondary N) is 3. The van der Waals surface area contributed by atoms with Crippen LogP contribution in [0.4, 0.5) is 0 Å². The Balaban J connectivity index is 1.42. The van der Waals surface area contributed by atoms with Crippen LogP contribution in [0.2, 0.25) is 0 Å². The molecule has 170 valence electrons. The van der Waals surface area contributed by atoms with Gasteiger partial charge >= 0.3 is 0 Å². The van der Waals surface area contributed by atoms with Gasteiger partial charge in [0.2, 0.25) is 10.0 Å². The van der Waals surface area contributed by atoms with E-state index >= 15 is 0 Å². The van der Waals surface area contributed by atoms with Crippen LogP contribution in [-0.4, -0.2) is 24.3 Å². The van der Waals surface area contributed by atoms with Crippen LogP contribution in [-0.2, 0) is 16.6 Å². The molecule has 2 aromatic heterocycles. The summed E-state index contributed by atoms with van der Waals surface area (Å²) in [5, 5.41) is 2.96. The van der Waals surface area contributed by atoms with Gasteiger partial charge in [0.1, 0.15) is 11.6 Å². The number of aromatic nitrogens is 2. The third kappa shape index (κ3) is 5.39. The van der Waals surface area contributed by atoms with Gasteiger partial charge in [-0.05, 0) is 48.4 Å². The third-order valence-electron chi connectivity index (χ3n) is 5.17. The van der Waals surface area contributed by atoms with Crippen LogP contribution in [0.5, 0.6) is 0 Å². The summed E-state index contributed by atoms with van der Waals surface area (Å²) in [5.74, 6) is 0.853. The van der Waals surface area contributed by atoms with E-state index in [1.54, 1.807) is 18.3 Å². The second-order valence-corrected chi connectivity index (χ2v) is 9.18. The van der Waals surface area contributed by atoms with Crippen molar-refractivity contribution >= 4 is 15.9 Å². The van der Waals surface area contributed by atoms with Crippen molar-refractivity contribution in [3.63, 3.8) is 0 Å².